The molecule has 5 nitrogen and oxygen atoms in total. The number of nitrogens with one attached hydrogen (secondary N) is 1. The topological polar surface area (TPSA) is 53.9 Å². The highest BCUT2D eigenvalue weighted by molar-refractivity contribution is 5.81. The summed E-state index contributed by atoms with van der Waals surface area (Å²) in [6, 6.07) is 0. The molecule has 21 heavy (non-hydrogen) atoms. The second-order valence-electron chi connectivity index (χ2n) is 4.88. The Bertz CT molecular complexity index is 372. The van der Waals surface area contributed by atoms with Crippen LogP contribution in [0, 0.1) is 5.92 Å². The Kier molecular flexibility index (Phi) is 6.77. The Balaban J connectivity index is 2.51. The van der Waals surface area contributed by atoms with Crippen LogP contribution in [0.25, 0.3) is 0 Å². The minimum Gasteiger partial charge on any atom is -0.466 e. The minimum absolute atomic E-state index is 0.225. The summed E-state index contributed by atoms with van der Waals surface area (Å²) in [5.74, 6) is -0.110. The number of carbonyl (C=O) groups is 1. The van der Waals surface area contributed by atoms with Crippen LogP contribution >= 0.6 is 0 Å². The Morgan fingerprint density at radius 2 is 2.19 bits per heavy atom. The maximum atomic E-state index is 12.2. The lowest BCUT2D eigenvalue weighted by atomic mass is 9.98. The monoisotopic (exact) mass is 309 g/mol. The van der Waals surface area contributed by atoms with Crippen molar-refractivity contribution in [1.29, 1.82) is 0 Å². The van der Waals surface area contributed by atoms with Gasteiger partial charge in [-0.15, -0.1) is 0 Å². The molecule has 0 saturated carbocycles. The van der Waals surface area contributed by atoms with Crippen LogP contribution in [-0.2, 0) is 9.53 Å². The van der Waals surface area contributed by atoms with E-state index in [1.807, 2.05) is 4.90 Å². The van der Waals surface area contributed by atoms with Crippen LogP contribution < -0.4 is 5.32 Å². The smallest absolute Gasteiger partial charge is 0.390 e. The first kappa shape index (κ1) is 17.6. The third-order valence-corrected chi connectivity index (χ3v) is 3.24. The van der Waals surface area contributed by atoms with Crippen molar-refractivity contribution in [1.82, 2.24) is 10.2 Å². The van der Waals surface area contributed by atoms with Gasteiger partial charge in [-0.3, -0.25) is 9.79 Å². The molecule has 1 atom stereocenters. The molecule has 1 aliphatic heterocycles. The number of aliphatic imine (C=N–C) groups is 1. The summed E-state index contributed by atoms with van der Waals surface area (Å²) < 4.78 is 41.4. The summed E-state index contributed by atoms with van der Waals surface area (Å²) in [4.78, 5) is 17.5. The average molecular weight is 309 g/mol. The molecule has 1 rings (SSSR count). The molecule has 0 aromatic carbocycles. The fraction of sp³-hybridized carbons (Fsp3) is 0.846. The van der Waals surface area contributed by atoms with Gasteiger partial charge >= 0.3 is 12.1 Å². The van der Waals surface area contributed by atoms with Gasteiger partial charge < -0.3 is 15.0 Å². The number of likely N-dealkylation sites (tertiary alicyclic amines) is 1. The molecule has 1 heterocycles. The molecule has 1 fully saturated rings. The zero-order valence-electron chi connectivity index (χ0n) is 12.4. The standard InChI is InChI=1S/C13H22F3N3O2/c1-3-21-11(20)10-5-4-8-19(9-10)12(17-2)18-7-6-13(14,15)16/h10H,3-9H2,1-2H3,(H,17,18). The lowest BCUT2D eigenvalue weighted by molar-refractivity contribution is -0.149. The van der Waals surface area contributed by atoms with E-state index >= 15 is 0 Å². The predicted octanol–water partition coefficient (Wildman–Crippen LogP) is 1.79. The van der Waals surface area contributed by atoms with Gasteiger partial charge in [0.1, 0.15) is 0 Å². The molecule has 0 radical (unpaired) electrons. The van der Waals surface area contributed by atoms with Gasteiger partial charge in [0.05, 0.1) is 18.9 Å². The van der Waals surface area contributed by atoms with Crippen LogP contribution in [0.4, 0.5) is 13.2 Å². The highest BCUT2D eigenvalue weighted by atomic mass is 19.4. The molecule has 122 valence electrons. The number of carbonyl (C=O) groups excluding carboxylic acids is 1. The van der Waals surface area contributed by atoms with E-state index in [9.17, 15) is 18.0 Å². The van der Waals surface area contributed by atoms with Gasteiger partial charge in [0.2, 0.25) is 0 Å². The number of rotatable bonds is 4. The van der Waals surface area contributed by atoms with Crippen molar-refractivity contribution in [3.05, 3.63) is 0 Å². The normalized spacial score (nSPS) is 20.3. The predicted molar refractivity (Wildman–Crippen MR) is 73.0 cm³/mol. The van der Waals surface area contributed by atoms with Gasteiger partial charge in [-0.25, -0.2) is 0 Å². The Labute approximate surface area is 122 Å². The second-order valence-corrected chi connectivity index (χ2v) is 4.88. The van der Waals surface area contributed by atoms with Crippen molar-refractivity contribution < 1.29 is 22.7 Å². The number of esters is 1. The third-order valence-electron chi connectivity index (χ3n) is 3.24. The van der Waals surface area contributed by atoms with E-state index in [0.717, 1.165) is 12.8 Å². The number of hydrogen-bond donors (Lipinski definition) is 1. The fourth-order valence-corrected chi connectivity index (χ4v) is 2.27. The van der Waals surface area contributed by atoms with E-state index in [-0.39, 0.29) is 18.4 Å². The quantitative estimate of drug-likeness (QED) is 0.489. The Hall–Kier alpha value is -1.47. The van der Waals surface area contributed by atoms with E-state index in [2.05, 4.69) is 10.3 Å². The molecule has 1 unspecified atom stereocenters. The van der Waals surface area contributed by atoms with Crippen molar-refractivity contribution in [3.8, 4) is 0 Å². The molecule has 0 spiro atoms. The van der Waals surface area contributed by atoms with Crippen molar-refractivity contribution in [2.75, 3.05) is 33.3 Å². The van der Waals surface area contributed by atoms with Gasteiger partial charge in [0.15, 0.2) is 5.96 Å². The van der Waals surface area contributed by atoms with Crippen molar-refractivity contribution in [2.24, 2.45) is 10.9 Å². The molecular formula is C13H22F3N3O2. The highest BCUT2D eigenvalue weighted by Crippen LogP contribution is 2.19. The minimum atomic E-state index is -4.19. The SMILES string of the molecule is CCOC(=O)C1CCCN(C(=NC)NCCC(F)(F)F)C1. The molecule has 0 amide bonds. The molecule has 1 N–H and O–H groups in total. The summed E-state index contributed by atoms with van der Waals surface area (Å²) in [5, 5.41) is 2.69. The summed E-state index contributed by atoms with van der Waals surface area (Å²) in [5.41, 5.74) is 0. The summed E-state index contributed by atoms with van der Waals surface area (Å²) in [7, 11) is 1.52. The number of nitrogens with zero attached hydrogens (tertiary/aromatic N) is 2. The van der Waals surface area contributed by atoms with Crippen LogP contribution in [-0.4, -0.2) is 56.3 Å². The molecule has 0 bridgehead atoms. The summed E-state index contributed by atoms with van der Waals surface area (Å²) in [6.45, 7) is 2.94. The number of piperidine rings is 1. The molecule has 1 aliphatic rings. The van der Waals surface area contributed by atoms with Crippen LogP contribution in [0.1, 0.15) is 26.2 Å². The van der Waals surface area contributed by atoms with E-state index in [1.54, 1.807) is 6.92 Å². The van der Waals surface area contributed by atoms with Crippen LogP contribution in [0.3, 0.4) is 0 Å². The molecular weight excluding hydrogens is 287 g/mol. The maximum Gasteiger partial charge on any atom is 0.390 e. The van der Waals surface area contributed by atoms with Gasteiger partial charge in [0.25, 0.3) is 0 Å². The summed E-state index contributed by atoms with van der Waals surface area (Å²) in [6.07, 6.45) is -3.60. The van der Waals surface area contributed by atoms with Crippen molar-refractivity contribution in [3.63, 3.8) is 0 Å². The first-order chi connectivity index (χ1) is 9.87. The number of halogens is 3. The molecule has 0 aromatic rings. The third kappa shape index (κ3) is 6.22. The molecule has 1 saturated heterocycles. The van der Waals surface area contributed by atoms with Crippen molar-refractivity contribution >= 4 is 11.9 Å². The number of guanidine groups is 1. The molecule has 0 aromatic heterocycles. The van der Waals surface area contributed by atoms with E-state index < -0.39 is 12.6 Å². The van der Waals surface area contributed by atoms with E-state index in [0.29, 0.717) is 25.7 Å². The van der Waals surface area contributed by atoms with Crippen LogP contribution in [0.2, 0.25) is 0 Å². The zero-order chi connectivity index (χ0) is 15.9. The molecule has 0 aliphatic carbocycles. The average Bonchev–Trinajstić information content (AvgIpc) is 2.43. The fourth-order valence-electron chi connectivity index (χ4n) is 2.27. The first-order valence-electron chi connectivity index (χ1n) is 7.06. The number of alkyl halides is 3. The largest absolute Gasteiger partial charge is 0.466 e. The lowest BCUT2D eigenvalue weighted by Gasteiger charge is -2.34. The van der Waals surface area contributed by atoms with Gasteiger partial charge in [-0.2, -0.15) is 13.2 Å². The van der Waals surface area contributed by atoms with E-state index in [1.165, 1.54) is 7.05 Å². The van der Waals surface area contributed by atoms with Gasteiger partial charge in [-0.05, 0) is 19.8 Å². The maximum absolute atomic E-state index is 12.2. The van der Waals surface area contributed by atoms with Crippen LogP contribution in [0.5, 0.6) is 0 Å². The zero-order valence-corrected chi connectivity index (χ0v) is 12.4. The van der Waals surface area contributed by atoms with Crippen LogP contribution in [0.15, 0.2) is 4.99 Å². The Morgan fingerprint density at radius 3 is 2.76 bits per heavy atom. The van der Waals surface area contributed by atoms with Gasteiger partial charge in [0, 0.05) is 26.7 Å². The first-order valence-corrected chi connectivity index (χ1v) is 7.06. The molecule has 8 heteroatoms. The second kappa shape index (κ2) is 8.09. The van der Waals surface area contributed by atoms with E-state index in [4.69, 9.17) is 4.74 Å². The highest BCUT2D eigenvalue weighted by Gasteiger charge is 2.30. The number of hydrogen-bond acceptors (Lipinski definition) is 3. The summed E-state index contributed by atoms with van der Waals surface area (Å²) >= 11 is 0. The lowest BCUT2D eigenvalue weighted by Crippen LogP contribution is -2.48. The Morgan fingerprint density at radius 1 is 1.48 bits per heavy atom. The van der Waals surface area contributed by atoms with Gasteiger partial charge in [-0.1, -0.05) is 0 Å². The van der Waals surface area contributed by atoms with Crippen molar-refractivity contribution in [2.45, 2.75) is 32.4 Å². The number of ether oxygens (including phenoxy) is 1.